The average molecular weight is 224 g/mol. The minimum atomic E-state index is -1.01. The monoisotopic (exact) mass is 224 g/mol. The lowest BCUT2D eigenvalue weighted by atomic mass is 10.1. The van der Waals surface area contributed by atoms with Gasteiger partial charge in [0.1, 0.15) is 5.69 Å². The van der Waals surface area contributed by atoms with Gasteiger partial charge in [0.05, 0.1) is 6.42 Å². The van der Waals surface area contributed by atoms with Crippen molar-refractivity contribution >= 4 is 11.8 Å². The van der Waals surface area contributed by atoms with E-state index in [4.69, 9.17) is 5.11 Å². The summed E-state index contributed by atoms with van der Waals surface area (Å²) in [6, 6.07) is 0. The van der Waals surface area contributed by atoms with E-state index in [-0.39, 0.29) is 30.2 Å². The van der Waals surface area contributed by atoms with Gasteiger partial charge in [-0.3, -0.25) is 9.59 Å². The van der Waals surface area contributed by atoms with Crippen LogP contribution >= 0.6 is 0 Å². The largest absolute Gasteiger partial charge is 0.481 e. The Kier molecular flexibility index (Phi) is 2.64. The van der Waals surface area contributed by atoms with E-state index in [9.17, 15) is 14.4 Å². The predicted molar refractivity (Wildman–Crippen MR) is 54.6 cm³/mol. The van der Waals surface area contributed by atoms with Crippen LogP contribution in [0.25, 0.3) is 0 Å². The van der Waals surface area contributed by atoms with Crippen molar-refractivity contribution in [2.45, 2.75) is 31.6 Å². The second-order valence-electron chi connectivity index (χ2n) is 3.96. The lowest BCUT2D eigenvalue weighted by molar-refractivity contribution is -0.136. The Bertz CT molecular complexity index is 481. The number of carbonyl (C=O) groups is 2. The van der Waals surface area contributed by atoms with Crippen molar-refractivity contribution in [3.63, 3.8) is 0 Å². The number of hydrogen-bond donors (Lipinski definition) is 3. The van der Waals surface area contributed by atoms with Gasteiger partial charge in [-0.1, -0.05) is 0 Å². The van der Waals surface area contributed by atoms with Gasteiger partial charge in [-0.25, -0.2) is 4.79 Å². The molecule has 0 bridgehead atoms. The zero-order valence-corrected chi connectivity index (χ0v) is 8.58. The first-order chi connectivity index (χ1) is 7.58. The lowest BCUT2D eigenvalue weighted by Crippen LogP contribution is -2.08. The van der Waals surface area contributed by atoms with Crippen LogP contribution < -0.4 is 5.69 Å². The summed E-state index contributed by atoms with van der Waals surface area (Å²) >= 11 is 0. The van der Waals surface area contributed by atoms with Gasteiger partial charge in [-0.15, -0.1) is 0 Å². The SMILES string of the molecule is O=C(O)CCC(=O)c1[nH]c(=O)[nH]c1C1CC1. The Morgan fingerprint density at radius 1 is 1.25 bits per heavy atom. The molecule has 1 heterocycles. The number of ketones is 1. The maximum atomic E-state index is 11.7. The molecule has 1 aliphatic carbocycles. The number of Topliss-reactive ketones (excluding diaryl/α,β-unsaturated/α-hetero) is 1. The summed E-state index contributed by atoms with van der Waals surface area (Å²) in [6.45, 7) is 0. The zero-order valence-electron chi connectivity index (χ0n) is 8.58. The minimum absolute atomic E-state index is 0.0805. The first kappa shape index (κ1) is 10.7. The molecule has 0 atom stereocenters. The molecule has 3 N–H and O–H groups in total. The number of aromatic nitrogens is 2. The standard InChI is InChI=1S/C10H12N2O4/c13-6(3-4-7(14)15)9-8(5-1-2-5)11-10(16)12-9/h5H,1-4H2,(H,14,15)(H2,11,12,16). The maximum absolute atomic E-state index is 11.7. The summed E-state index contributed by atoms with van der Waals surface area (Å²) in [5.41, 5.74) is 0.495. The van der Waals surface area contributed by atoms with Crippen LogP contribution in [0.4, 0.5) is 0 Å². The molecule has 6 heteroatoms. The number of nitrogens with one attached hydrogen (secondary N) is 2. The highest BCUT2D eigenvalue weighted by Crippen LogP contribution is 2.40. The molecule has 2 rings (SSSR count). The molecule has 0 amide bonds. The Morgan fingerprint density at radius 3 is 2.50 bits per heavy atom. The van der Waals surface area contributed by atoms with Gasteiger partial charge < -0.3 is 15.1 Å². The number of carbonyl (C=O) groups excluding carboxylic acids is 1. The molecule has 0 aromatic carbocycles. The highest BCUT2D eigenvalue weighted by molar-refractivity contribution is 5.96. The number of hydrogen-bond acceptors (Lipinski definition) is 3. The highest BCUT2D eigenvalue weighted by Gasteiger charge is 2.30. The third-order valence-electron chi connectivity index (χ3n) is 2.59. The van der Waals surface area contributed by atoms with Crippen molar-refractivity contribution in [1.29, 1.82) is 0 Å². The number of aliphatic carboxylic acids is 1. The molecule has 1 aromatic heterocycles. The van der Waals surface area contributed by atoms with E-state index in [1.165, 1.54) is 0 Å². The van der Waals surface area contributed by atoms with Gasteiger partial charge in [0, 0.05) is 18.0 Å². The summed E-state index contributed by atoms with van der Waals surface area (Å²) in [7, 11) is 0. The van der Waals surface area contributed by atoms with Gasteiger partial charge in [0.15, 0.2) is 5.78 Å². The predicted octanol–water partition coefficient (Wildman–Crippen LogP) is 0.628. The van der Waals surface area contributed by atoms with Gasteiger partial charge in [-0.2, -0.15) is 0 Å². The molecule has 0 spiro atoms. The van der Waals surface area contributed by atoms with Crippen molar-refractivity contribution in [2.75, 3.05) is 0 Å². The van der Waals surface area contributed by atoms with Crippen molar-refractivity contribution in [2.24, 2.45) is 0 Å². The molecular weight excluding hydrogens is 212 g/mol. The number of carboxylic acids is 1. The molecule has 6 nitrogen and oxygen atoms in total. The van der Waals surface area contributed by atoms with Crippen molar-refractivity contribution in [3.05, 3.63) is 21.9 Å². The van der Waals surface area contributed by atoms with Gasteiger partial charge in [0.2, 0.25) is 0 Å². The van der Waals surface area contributed by atoms with Crippen LogP contribution in [0.5, 0.6) is 0 Å². The third kappa shape index (κ3) is 2.21. The van der Waals surface area contributed by atoms with Gasteiger partial charge >= 0.3 is 11.7 Å². The van der Waals surface area contributed by atoms with E-state index in [1.807, 2.05) is 0 Å². The molecule has 0 unspecified atom stereocenters. The first-order valence-electron chi connectivity index (χ1n) is 5.15. The van der Waals surface area contributed by atoms with Crippen LogP contribution in [-0.4, -0.2) is 26.8 Å². The van der Waals surface area contributed by atoms with Crippen molar-refractivity contribution < 1.29 is 14.7 Å². The highest BCUT2D eigenvalue weighted by atomic mass is 16.4. The summed E-state index contributed by atoms with van der Waals surface area (Å²) < 4.78 is 0. The van der Waals surface area contributed by atoms with E-state index >= 15 is 0 Å². The molecule has 86 valence electrons. The summed E-state index contributed by atoms with van der Waals surface area (Å²) in [5, 5.41) is 8.47. The smallest absolute Gasteiger partial charge is 0.323 e. The fourth-order valence-corrected chi connectivity index (χ4v) is 1.64. The normalized spacial score (nSPS) is 15.0. The number of aromatic amines is 2. The fraction of sp³-hybridized carbons (Fsp3) is 0.500. The number of imidazole rings is 1. The Labute approximate surface area is 90.7 Å². The molecule has 1 aliphatic rings. The fourth-order valence-electron chi connectivity index (χ4n) is 1.64. The van der Waals surface area contributed by atoms with E-state index in [2.05, 4.69) is 9.97 Å². The zero-order chi connectivity index (χ0) is 11.7. The molecule has 1 fully saturated rings. The number of rotatable bonds is 5. The second-order valence-corrected chi connectivity index (χ2v) is 3.96. The lowest BCUT2D eigenvalue weighted by Gasteiger charge is -1.99. The molecule has 1 saturated carbocycles. The maximum Gasteiger partial charge on any atom is 0.323 e. The molecule has 0 radical (unpaired) electrons. The molecular formula is C10H12N2O4. The number of H-pyrrole nitrogens is 2. The average Bonchev–Trinajstić information content (AvgIpc) is 2.98. The summed E-state index contributed by atoms with van der Waals surface area (Å²) in [4.78, 5) is 38.1. The molecule has 16 heavy (non-hydrogen) atoms. The van der Waals surface area contributed by atoms with Crippen LogP contribution in [0.2, 0.25) is 0 Å². The first-order valence-corrected chi connectivity index (χ1v) is 5.15. The second kappa shape index (κ2) is 3.96. The Balaban J connectivity index is 2.15. The Hall–Kier alpha value is -1.85. The minimum Gasteiger partial charge on any atom is -0.481 e. The van der Waals surface area contributed by atoms with Crippen molar-refractivity contribution in [1.82, 2.24) is 9.97 Å². The van der Waals surface area contributed by atoms with Crippen LogP contribution in [0.15, 0.2) is 4.79 Å². The van der Waals surface area contributed by atoms with Gasteiger partial charge in [-0.05, 0) is 12.8 Å². The van der Waals surface area contributed by atoms with Crippen molar-refractivity contribution in [3.8, 4) is 0 Å². The summed E-state index contributed by atoms with van der Waals surface area (Å²) in [6.07, 6.45) is 1.64. The van der Waals surface area contributed by atoms with Gasteiger partial charge in [0.25, 0.3) is 0 Å². The molecule has 1 aromatic rings. The number of carboxylic acid groups (broad SMARTS) is 1. The Morgan fingerprint density at radius 2 is 1.94 bits per heavy atom. The van der Waals surface area contributed by atoms with Crippen LogP contribution in [0.3, 0.4) is 0 Å². The molecule has 0 aliphatic heterocycles. The van der Waals surface area contributed by atoms with Crippen LogP contribution in [0, 0.1) is 0 Å². The van der Waals surface area contributed by atoms with E-state index in [0.29, 0.717) is 5.69 Å². The molecule has 0 saturated heterocycles. The topological polar surface area (TPSA) is 103 Å². The summed E-state index contributed by atoms with van der Waals surface area (Å²) in [5.74, 6) is -1.08. The quantitative estimate of drug-likeness (QED) is 0.638. The van der Waals surface area contributed by atoms with E-state index < -0.39 is 11.7 Å². The van der Waals surface area contributed by atoms with E-state index in [0.717, 1.165) is 12.8 Å². The third-order valence-corrected chi connectivity index (χ3v) is 2.59. The van der Waals surface area contributed by atoms with E-state index in [1.54, 1.807) is 0 Å². The van der Waals surface area contributed by atoms with Crippen LogP contribution in [0.1, 0.15) is 47.8 Å². The van der Waals surface area contributed by atoms with Crippen LogP contribution in [-0.2, 0) is 4.79 Å².